The maximum Gasteiger partial charge on any atom is 0.0997 e. The number of anilines is 1. The van der Waals surface area contributed by atoms with Crippen LogP contribution in [0, 0.1) is 0 Å². The molecule has 0 aliphatic rings. The highest BCUT2D eigenvalue weighted by atomic mass is 16.5. The van der Waals surface area contributed by atoms with Crippen molar-refractivity contribution >= 4 is 5.69 Å². The van der Waals surface area contributed by atoms with Crippen LogP contribution in [0.1, 0.15) is 45.4 Å². The predicted molar refractivity (Wildman–Crippen MR) is 72.2 cm³/mol. The van der Waals surface area contributed by atoms with Crippen molar-refractivity contribution in [2.45, 2.75) is 51.6 Å². The summed E-state index contributed by atoms with van der Waals surface area (Å²) in [5.41, 5.74) is 3.37. The average Bonchev–Trinajstić information content (AvgIpc) is 2.38. The molecule has 3 nitrogen and oxygen atoms in total. The van der Waals surface area contributed by atoms with E-state index in [-0.39, 0.29) is 6.17 Å². The van der Waals surface area contributed by atoms with Crippen LogP contribution in [0.15, 0.2) is 30.3 Å². The zero-order valence-electron chi connectivity index (χ0n) is 10.7. The largest absolute Gasteiger partial charge is 0.368 e. The fourth-order valence-electron chi connectivity index (χ4n) is 1.86. The van der Waals surface area contributed by atoms with E-state index in [4.69, 9.17) is 5.21 Å². The molecule has 96 valence electrons. The van der Waals surface area contributed by atoms with Gasteiger partial charge in [0, 0.05) is 5.69 Å². The Balaban J connectivity index is 2.20. The lowest BCUT2D eigenvalue weighted by molar-refractivity contribution is 0.131. The van der Waals surface area contributed by atoms with Crippen LogP contribution in [0.3, 0.4) is 0 Å². The molecule has 0 aliphatic carbocycles. The molecule has 0 spiro atoms. The van der Waals surface area contributed by atoms with Gasteiger partial charge in [0.15, 0.2) is 0 Å². The van der Waals surface area contributed by atoms with Gasteiger partial charge in [0.05, 0.1) is 6.17 Å². The molecule has 0 saturated carbocycles. The van der Waals surface area contributed by atoms with Gasteiger partial charge >= 0.3 is 0 Å². The van der Waals surface area contributed by atoms with Crippen molar-refractivity contribution in [2.75, 3.05) is 5.32 Å². The summed E-state index contributed by atoms with van der Waals surface area (Å²) in [5.74, 6) is 0. The Morgan fingerprint density at radius 1 is 1.06 bits per heavy atom. The number of hydrogen-bond acceptors (Lipinski definition) is 3. The van der Waals surface area contributed by atoms with E-state index >= 15 is 0 Å². The maximum atomic E-state index is 9.08. The highest BCUT2D eigenvalue weighted by Gasteiger charge is 2.05. The Bertz CT molecular complexity index is 277. The van der Waals surface area contributed by atoms with Crippen LogP contribution >= 0.6 is 0 Å². The zero-order chi connectivity index (χ0) is 12.3. The summed E-state index contributed by atoms with van der Waals surface area (Å²) >= 11 is 0. The first-order valence-electron chi connectivity index (χ1n) is 6.58. The minimum atomic E-state index is -0.0565. The molecule has 0 amide bonds. The van der Waals surface area contributed by atoms with E-state index in [1.54, 1.807) is 0 Å². The number of hydrogen-bond donors (Lipinski definition) is 3. The Hall–Kier alpha value is -1.06. The second-order valence-electron chi connectivity index (χ2n) is 4.39. The second kappa shape index (κ2) is 9.02. The van der Waals surface area contributed by atoms with Crippen molar-refractivity contribution in [1.29, 1.82) is 0 Å². The SMILES string of the molecule is CCCCCCCC(NO)Nc1ccccc1. The Morgan fingerprint density at radius 2 is 1.76 bits per heavy atom. The molecule has 1 aromatic rings. The molecule has 0 radical (unpaired) electrons. The van der Waals surface area contributed by atoms with Crippen LogP contribution in [0.2, 0.25) is 0 Å². The molecule has 0 heterocycles. The Kier molecular flexibility index (Phi) is 7.43. The van der Waals surface area contributed by atoms with Gasteiger partial charge in [-0.05, 0) is 25.0 Å². The van der Waals surface area contributed by atoms with Crippen LogP contribution in [0.4, 0.5) is 5.69 Å². The molecule has 1 aromatic carbocycles. The standard InChI is InChI=1S/C14H24N2O/c1-2-3-4-5-9-12-14(16-17)15-13-10-7-6-8-11-13/h6-8,10-11,14-17H,2-5,9,12H2,1H3. The summed E-state index contributed by atoms with van der Waals surface area (Å²) in [6.07, 6.45) is 7.13. The summed E-state index contributed by atoms with van der Waals surface area (Å²) in [6.45, 7) is 2.22. The van der Waals surface area contributed by atoms with E-state index in [9.17, 15) is 0 Å². The van der Waals surface area contributed by atoms with E-state index in [0.717, 1.165) is 18.5 Å². The molecular weight excluding hydrogens is 212 g/mol. The van der Waals surface area contributed by atoms with Crippen LogP contribution in [0.5, 0.6) is 0 Å². The molecule has 17 heavy (non-hydrogen) atoms. The van der Waals surface area contributed by atoms with Crippen LogP contribution in [0.25, 0.3) is 0 Å². The van der Waals surface area contributed by atoms with Crippen molar-refractivity contribution in [2.24, 2.45) is 0 Å². The summed E-state index contributed by atoms with van der Waals surface area (Å²) in [4.78, 5) is 0. The third-order valence-electron chi connectivity index (χ3n) is 2.87. The first kappa shape index (κ1) is 14.0. The van der Waals surface area contributed by atoms with Gasteiger partial charge in [0.2, 0.25) is 0 Å². The van der Waals surface area contributed by atoms with Gasteiger partial charge in [-0.2, -0.15) is 5.48 Å². The predicted octanol–water partition coefficient (Wildman–Crippen LogP) is 3.76. The fourth-order valence-corrected chi connectivity index (χ4v) is 1.86. The molecule has 3 N–H and O–H groups in total. The summed E-state index contributed by atoms with van der Waals surface area (Å²) in [5, 5.41) is 12.3. The Labute approximate surface area is 104 Å². The molecule has 1 rings (SSSR count). The zero-order valence-corrected chi connectivity index (χ0v) is 10.7. The number of hydroxylamine groups is 1. The fraction of sp³-hybridized carbons (Fsp3) is 0.571. The van der Waals surface area contributed by atoms with Gasteiger partial charge in [0.1, 0.15) is 0 Å². The third-order valence-corrected chi connectivity index (χ3v) is 2.87. The van der Waals surface area contributed by atoms with Gasteiger partial charge < -0.3 is 10.5 Å². The van der Waals surface area contributed by atoms with Gasteiger partial charge in [-0.1, -0.05) is 50.8 Å². The van der Waals surface area contributed by atoms with Crippen LogP contribution in [-0.2, 0) is 0 Å². The number of benzene rings is 1. The van der Waals surface area contributed by atoms with Crippen molar-refractivity contribution in [3.63, 3.8) is 0 Å². The van der Waals surface area contributed by atoms with Gasteiger partial charge in [-0.25, -0.2) is 0 Å². The third kappa shape index (κ3) is 6.29. The van der Waals surface area contributed by atoms with E-state index in [1.807, 2.05) is 30.3 Å². The minimum absolute atomic E-state index is 0.0565. The monoisotopic (exact) mass is 236 g/mol. The number of nitrogens with one attached hydrogen (secondary N) is 2. The molecule has 3 heteroatoms. The van der Waals surface area contributed by atoms with E-state index in [1.165, 1.54) is 25.7 Å². The molecule has 1 unspecified atom stereocenters. The molecule has 0 saturated heterocycles. The summed E-state index contributed by atoms with van der Waals surface area (Å²) in [6, 6.07) is 9.95. The highest BCUT2D eigenvalue weighted by Crippen LogP contribution is 2.11. The van der Waals surface area contributed by atoms with Crippen molar-refractivity contribution in [3.05, 3.63) is 30.3 Å². The van der Waals surface area contributed by atoms with Gasteiger partial charge in [-0.15, -0.1) is 0 Å². The lowest BCUT2D eigenvalue weighted by Gasteiger charge is -2.18. The Morgan fingerprint density at radius 3 is 2.41 bits per heavy atom. The van der Waals surface area contributed by atoms with Crippen LogP contribution < -0.4 is 10.8 Å². The molecule has 0 aliphatic heterocycles. The molecule has 0 aromatic heterocycles. The normalized spacial score (nSPS) is 12.4. The van der Waals surface area contributed by atoms with Crippen molar-refractivity contribution < 1.29 is 5.21 Å². The number of rotatable bonds is 9. The van der Waals surface area contributed by atoms with E-state index in [2.05, 4.69) is 17.7 Å². The lowest BCUT2D eigenvalue weighted by atomic mass is 10.1. The first-order valence-corrected chi connectivity index (χ1v) is 6.58. The van der Waals surface area contributed by atoms with E-state index in [0.29, 0.717) is 0 Å². The maximum absolute atomic E-state index is 9.08. The van der Waals surface area contributed by atoms with Crippen molar-refractivity contribution in [3.8, 4) is 0 Å². The smallest absolute Gasteiger partial charge is 0.0997 e. The highest BCUT2D eigenvalue weighted by molar-refractivity contribution is 5.43. The second-order valence-corrected chi connectivity index (χ2v) is 4.39. The molecule has 0 fully saturated rings. The average molecular weight is 236 g/mol. The number of unbranched alkanes of at least 4 members (excludes halogenated alkanes) is 4. The molecule has 0 bridgehead atoms. The molecule has 1 atom stereocenters. The van der Waals surface area contributed by atoms with Gasteiger partial charge in [0.25, 0.3) is 0 Å². The van der Waals surface area contributed by atoms with Crippen LogP contribution in [-0.4, -0.2) is 11.4 Å². The minimum Gasteiger partial charge on any atom is -0.368 e. The summed E-state index contributed by atoms with van der Waals surface area (Å²) < 4.78 is 0. The molecular formula is C14H24N2O. The lowest BCUT2D eigenvalue weighted by Crippen LogP contribution is -2.33. The topological polar surface area (TPSA) is 44.3 Å². The van der Waals surface area contributed by atoms with Gasteiger partial charge in [-0.3, -0.25) is 0 Å². The van der Waals surface area contributed by atoms with Crippen molar-refractivity contribution in [1.82, 2.24) is 5.48 Å². The summed E-state index contributed by atoms with van der Waals surface area (Å²) in [7, 11) is 0. The number of para-hydroxylation sites is 1. The first-order chi connectivity index (χ1) is 8.36. The quantitative estimate of drug-likeness (QED) is 0.347. The van der Waals surface area contributed by atoms with E-state index < -0.39 is 0 Å².